The van der Waals surface area contributed by atoms with E-state index >= 15 is 0 Å². The van der Waals surface area contributed by atoms with Gasteiger partial charge < -0.3 is 15.0 Å². The summed E-state index contributed by atoms with van der Waals surface area (Å²) in [5.74, 6) is -0.819. The molecule has 0 aliphatic carbocycles. The van der Waals surface area contributed by atoms with Gasteiger partial charge in [-0.1, -0.05) is 48.5 Å². The fourth-order valence-electron chi connectivity index (χ4n) is 6.41. The molecular weight excluding hydrogens is 468 g/mol. The molecule has 0 aromatic heterocycles. The maximum Gasteiger partial charge on any atom is 0.248 e. The first-order valence-corrected chi connectivity index (χ1v) is 13.4. The average Bonchev–Trinajstić information content (AvgIpc) is 2.92. The van der Waals surface area contributed by atoms with E-state index in [-0.39, 0.29) is 24.2 Å². The van der Waals surface area contributed by atoms with E-state index < -0.39 is 17.9 Å². The number of ether oxygens (including phenoxy) is 1. The normalized spacial score (nSPS) is 28.7. The van der Waals surface area contributed by atoms with Gasteiger partial charge in [0.15, 0.2) is 0 Å². The Balaban J connectivity index is 1.27. The van der Waals surface area contributed by atoms with Crippen molar-refractivity contribution in [3.8, 4) is 0 Å². The van der Waals surface area contributed by atoms with Crippen LogP contribution in [0.2, 0.25) is 0 Å². The Hall–Kier alpha value is -2.94. The fourth-order valence-corrected chi connectivity index (χ4v) is 6.41. The first kappa shape index (κ1) is 25.7. The van der Waals surface area contributed by atoms with Crippen LogP contribution in [0.3, 0.4) is 0 Å². The summed E-state index contributed by atoms with van der Waals surface area (Å²) in [5, 5.41) is 13.0. The topological polar surface area (TPSA) is 94.1 Å². The van der Waals surface area contributed by atoms with Gasteiger partial charge in [-0.15, -0.1) is 0 Å². The molecule has 2 aromatic carbocycles. The van der Waals surface area contributed by atoms with E-state index in [0.29, 0.717) is 32.0 Å². The molecule has 37 heavy (non-hydrogen) atoms. The van der Waals surface area contributed by atoms with Gasteiger partial charge in [0, 0.05) is 36.9 Å². The number of rotatable bonds is 5. The van der Waals surface area contributed by atoms with Crippen molar-refractivity contribution in [3.05, 3.63) is 65.7 Å². The third-order valence-corrected chi connectivity index (χ3v) is 8.28. The Bertz CT molecular complexity index is 1090. The van der Waals surface area contributed by atoms with Crippen molar-refractivity contribution in [1.29, 1.82) is 0 Å². The van der Waals surface area contributed by atoms with Crippen molar-refractivity contribution in [1.82, 2.24) is 15.3 Å². The number of benzene rings is 2. The van der Waals surface area contributed by atoms with E-state index in [1.54, 1.807) is 0 Å². The number of amides is 2. The summed E-state index contributed by atoms with van der Waals surface area (Å²) in [4.78, 5) is 30.4. The van der Waals surface area contributed by atoms with E-state index in [0.717, 1.165) is 30.5 Å². The summed E-state index contributed by atoms with van der Waals surface area (Å²) < 4.78 is 6.59. The number of nitrogens with one attached hydrogen (secondary N) is 2. The molecule has 3 heterocycles. The number of carbonyl (C=O) groups is 2. The molecule has 2 amide bonds. The van der Waals surface area contributed by atoms with Gasteiger partial charge in [-0.05, 0) is 57.2 Å². The molecule has 2 aromatic rings. The second-order valence-electron chi connectivity index (χ2n) is 10.8. The molecule has 2 fully saturated rings. The molecule has 2 saturated heterocycles. The predicted molar refractivity (Wildman–Crippen MR) is 141 cm³/mol. The SMILES string of the molecule is CC1CC(O[C@H]2CC(C(=O)NO)C(C(=O)N3CCC(c4ccccc4)CC3)N(C)C2)c2ccccc2N1. The van der Waals surface area contributed by atoms with Crippen LogP contribution < -0.4 is 10.8 Å². The number of piperidine rings is 2. The van der Waals surface area contributed by atoms with Crippen molar-refractivity contribution in [2.45, 2.75) is 62.8 Å². The number of carbonyl (C=O) groups excluding carboxylic acids is 2. The lowest BCUT2D eigenvalue weighted by atomic mass is 9.84. The van der Waals surface area contributed by atoms with Gasteiger partial charge in [-0.25, -0.2) is 5.48 Å². The highest BCUT2D eigenvalue weighted by atomic mass is 16.5. The van der Waals surface area contributed by atoms with Gasteiger partial charge in [0.25, 0.3) is 0 Å². The highest BCUT2D eigenvalue weighted by Gasteiger charge is 2.45. The van der Waals surface area contributed by atoms with E-state index in [4.69, 9.17) is 4.74 Å². The van der Waals surface area contributed by atoms with E-state index in [1.165, 1.54) is 5.56 Å². The maximum atomic E-state index is 13.7. The Morgan fingerprint density at radius 3 is 2.46 bits per heavy atom. The maximum absolute atomic E-state index is 13.7. The van der Waals surface area contributed by atoms with Gasteiger partial charge in [0.1, 0.15) is 6.04 Å². The molecule has 0 spiro atoms. The number of anilines is 1. The van der Waals surface area contributed by atoms with Crippen LogP contribution in [0.1, 0.15) is 55.8 Å². The minimum atomic E-state index is -0.692. The Morgan fingerprint density at radius 2 is 1.73 bits per heavy atom. The Morgan fingerprint density at radius 1 is 1.03 bits per heavy atom. The molecular formula is C29H38N4O4. The van der Waals surface area contributed by atoms with Crippen LogP contribution in [0.4, 0.5) is 5.69 Å². The van der Waals surface area contributed by atoms with Crippen molar-refractivity contribution >= 4 is 17.5 Å². The molecule has 3 aliphatic rings. The Kier molecular flexibility index (Phi) is 7.79. The molecule has 0 bridgehead atoms. The minimum Gasteiger partial charge on any atom is -0.382 e. The molecule has 8 nitrogen and oxygen atoms in total. The number of para-hydroxylation sites is 1. The van der Waals surface area contributed by atoms with Gasteiger partial charge in [0.05, 0.1) is 18.1 Å². The minimum absolute atomic E-state index is 0.0399. The lowest BCUT2D eigenvalue weighted by Gasteiger charge is -2.45. The lowest BCUT2D eigenvalue weighted by Crippen LogP contribution is -2.60. The smallest absolute Gasteiger partial charge is 0.248 e. The molecule has 198 valence electrons. The van der Waals surface area contributed by atoms with Crippen LogP contribution in [0.5, 0.6) is 0 Å². The second-order valence-corrected chi connectivity index (χ2v) is 10.8. The summed E-state index contributed by atoms with van der Waals surface area (Å²) in [6, 6.07) is 18.3. The van der Waals surface area contributed by atoms with Gasteiger partial charge in [-0.3, -0.25) is 19.7 Å². The first-order valence-electron chi connectivity index (χ1n) is 13.4. The molecule has 0 saturated carbocycles. The molecule has 0 radical (unpaired) electrons. The van der Waals surface area contributed by atoms with E-state index in [9.17, 15) is 14.8 Å². The Labute approximate surface area is 218 Å². The molecule has 5 atom stereocenters. The number of hydrogen-bond donors (Lipinski definition) is 3. The highest BCUT2D eigenvalue weighted by Crippen LogP contribution is 2.38. The van der Waals surface area contributed by atoms with Crippen molar-refractivity contribution in [3.63, 3.8) is 0 Å². The molecule has 5 rings (SSSR count). The average molecular weight is 507 g/mol. The molecule has 8 heteroatoms. The second kappa shape index (κ2) is 11.2. The number of nitrogens with zero attached hydrogens (tertiary/aromatic N) is 2. The van der Waals surface area contributed by atoms with Crippen molar-refractivity contribution < 1.29 is 19.5 Å². The monoisotopic (exact) mass is 506 g/mol. The largest absolute Gasteiger partial charge is 0.382 e. The highest BCUT2D eigenvalue weighted by molar-refractivity contribution is 5.90. The van der Waals surface area contributed by atoms with Crippen LogP contribution in [-0.4, -0.2) is 71.7 Å². The van der Waals surface area contributed by atoms with Crippen LogP contribution in [0, 0.1) is 5.92 Å². The van der Waals surface area contributed by atoms with Crippen LogP contribution in [-0.2, 0) is 14.3 Å². The summed E-state index contributed by atoms with van der Waals surface area (Å²) >= 11 is 0. The van der Waals surface area contributed by atoms with Crippen molar-refractivity contribution in [2.24, 2.45) is 5.92 Å². The van der Waals surface area contributed by atoms with Crippen LogP contribution >= 0.6 is 0 Å². The summed E-state index contributed by atoms with van der Waals surface area (Å²) in [6.07, 6.45) is 2.70. The third kappa shape index (κ3) is 5.51. The number of likely N-dealkylation sites (N-methyl/N-ethyl adjacent to an activating group) is 1. The number of hydroxylamine groups is 1. The zero-order valence-electron chi connectivity index (χ0n) is 21.7. The molecule has 4 unspecified atom stereocenters. The first-order chi connectivity index (χ1) is 17.9. The van der Waals surface area contributed by atoms with Crippen LogP contribution in [0.25, 0.3) is 0 Å². The van der Waals surface area contributed by atoms with Gasteiger partial charge >= 0.3 is 0 Å². The number of fused-ring (bicyclic) bond motifs is 1. The van der Waals surface area contributed by atoms with Crippen molar-refractivity contribution in [2.75, 3.05) is 32.0 Å². The number of likely N-dealkylation sites (tertiary alicyclic amines) is 2. The van der Waals surface area contributed by atoms with Gasteiger partial charge in [-0.2, -0.15) is 0 Å². The zero-order valence-corrected chi connectivity index (χ0v) is 21.7. The van der Waals surface area contributed by atoms with Gasteiger partial charge in [0.2, 0.25) is 11.8 Å². The predicted octanol–water partition coefficient (Wildman–Crippen LogP) is 3.55. The van der Waals surface area contributed by atoms with E-state index in [1.807, 2.05) is 40.5 Å². The third-order valence-electron chi connectivity index (χ3n) is 8.28. The lowest BCUT2D eigenvalue weighted by molar-refractivity contribution is -0.156. The van der Waals surface area contributed by atoms with E-state index in [2.05, 4.69) is 48.6 Å². The fraction of sp³-hybridized carbons (Fsp3) is 0.517. The summed E-state index contributed by atoms with van der Waals surface area (Å²) in [5.41, 5.74) is 5.32. The standard InChI is InChI=1S/C29H38N4O4/c1-19-16-26(23-10-6-7-11-25(23)30-19)37-22-17-24(28(34)31-36)27(32(2)18-22)29(35)33-14-12-21(13-15-33)20-8-4-3-5-9-20/h3-11,19,21-22,24,26-27,30,36H,12-18H2,1-2H3,(H,31,34)/t19?,22-,24?,26?,27?/m0/s1. The molecule has 3 N–H and O–H groups in total. The van der Waals surface area contributed by atoms with Crippen LogP contribution in [0.15, 0.2) is 54.6 Å². The molecule has 3 aliphatic heterocycles. The number of hydrogen-bond acceptors (Lipinski definition) is 6. The zero-order chi connectivity index (χ0) is 25.9. The summed E-state index contributed by atoms with van der Waals surface area (Å²) in [6.45, 7) is 4.02. The summed E-state index contributed by atoms with van der Waals surface area (Å²) in [7, 11) is 1.88. The quantitative estimate of drug-likeness (QED) is 0.424.